The molecule has 0 aromatic rings. The molecular formula is C10H17F5N2O. The van der Waals surface area contributed by atoms with Gasteiger partial charge in [0.25, 0.3) is 5.92 Å². The van der Waals surface area contributed by atoms with E-state index in [9.17, 15) is 22.0 Å². The molecule has 1 rings (SSSR count). The van der Waals surface area contributed by atoms with Crippen molar-refractivity contribution >= 4 is 0 Å². The predicted molar refractivity (Wildman–Crippen MR) is 55.5 cm³/mol. The van der Waals surface area contributed by atoms with Crippen molar-refractivity contribution in [2.45, 2.75) is 31.2 Å². The molecule has 1 atom stereocenters. The summed E-state index contributed by atoms with van der Waals surface area (Å²) in [6.45, 7) is -0.204. The Balaban J connectivity index is 2.09. The van der Waals surface area contributed by atoms with E-state index in [0.29, 0.717) is 13.0 Å². The zero-order chi connectivity index (χ0) is 13.8. The van der Waals surface area contributed by atoms with Gasteiger partial charge in [-0.15, -0.1) is 13.2 Å². The van der Waals surface area contributed by atoms with E-state index in [-0.39, 0.29) is 25.6 Å². The third-order valence-electron chi connectivity index (χ3n) is 2.79. The van der Waals surface area contributed by atoms with Crippen molar-refractivity contribution in [2.75, 3.05) is 33.3 Å². The van der Waals surface area contributed by atoms with Crippen molar-refractivity contribution in [3.63, 3.8) is 0 Å². The van der Waals surface area contributed by atoms with Gasteiger partial charge in [-0.1, -0.05) is 0 Å². The maximum absolute atomic E-state index is 12.8. The molecule has 18 heavy (non-hydrogen) atoms. The van der Waals surface area contributed by atoms with E-state index in [1.165, 1.54) is 0 Å². The molecule has 1 heterocycles. The fourth-order valence-corrected chi connectivity index (χ4v) is 1.81. The van der Waals surface area contributed by atoms with Crippen LogP contribution in [0.1, 0.15) is 12.8 Å². The Morgan fingerprint density at radius 3 is 2.50 bits per heavy atom. The minimum absolute atomic E-state index is 0.114. The number of ether oxygens (including phenoxy) is 1. The smallest absolute Gasteiger partial charge is 0.308 e. The van der Waals surface area contributed by atoms with Gasteiger partial charge >= 0.3 is 6.36 Å². The summed E-state index contributed by atoms with van der Waals surface area (Å²) in [6.07, 6.45) is -4.34. The van der Waals surface area contributed by atoms with E-state index < -0.39 is 18.9 Å². The van der Waals surface area contributed by atoms with Crippen LogP contribution in [0.25, 0.3) is 0 Å². The number of hydrogen-bond acceptors (Lipinski definition) is 3. The molecule has 0 radical (unpaired) electrons. The monoisotopic (exact) mass is 276 g/mol. The van der Waals surface area contributed by atoms with Gasteiger partial charge in [-0.3, -0.25) is 4.74 Å². The Morgan fingerprint density at radius 2 is 2.00 bits per heavy atom. The Morgan fingerprint density at radius 1 is 1.33 bits per heavy atom. The summed E-state index contributed by atoms with van der Waals surface area (Å²) in [5, 5.41) is 2.69. The van der Waals surface area contributed by atoms with Gasteiger partial charge in [0.15, 0.2) is 0 Å². The van der Waals surface area contributed by atoms with Gasteiger partial charge in [0, 0.05) is 19.0 Å². The number of halogens is 5. The molecule has 1 unspecified atom stereocenters. The molecule has 0 amide bonds. The third-order valence-corrected chi connectivity index (χ3v) is 2.79. The summed E-state index contributed by atoms with van der Waals surface area (Å²) < 4.78 is 64.4. The number of likely N-dealkylation sites (N-methyl/N-ethyl adjacent to an activating group) is 1. The van der Waals surface area contributed by atoms with E-state index in [2.05, 4.69) is 10.1 Å². The van der Waals surface area contributed by atoms with Crippen molar-refractivity contribution in [1.29, 1.82) is 0 Å². The normalized spacial score (nSPS) is 23.8. The van der Waals surface area contributed by atoms with Crippen molar-refractivity contribution in [1.82, 2.24) is 10.2 Å². The lowest BCUT2D eigenvalue weighted by molar-refractivity contribution is -0.324. The first-order valence-corrected chi connectivity index (χ1v) is 5.68. The Bertz CT molecular complexity index is 259. The molecule has 1 aliphatic heterocycles. The fraction of sp³-hybridized carbons (Fsp3) is 1.00. The number of nitrogens with zero attached hydrogens (tertiary/aromatic N) is 1. The average molecular weight is 276 g/mol. The Kier molecular flexibility index (Phi) is 5.30. The van der Waals surface area contributed by atoms with Crippen LogP contribution in [0.4, 0.5) is 22.0 Å². The average Bonchev–Trinajstić information content (AvgIpc) is 2.53. The van der Waals surface area contributed by atoms with Crippen LogP contribution in [0.5, 0.6) is 0 Å². The molecule has 0 aliphatic carbocycles. The lowest BCUT2D eigenvalue weighted by Crippen LogP contribution is -2.31. The van der Waals surface area contributed by atoms with Crippen LogP contribution in [-0.4, -0.2) is 56.5 Å². The molecule has 0 saturated carbocycles. The summed E-state index contributed by atoms with van der Waals surface area (Å²) in [5.41, 5.74) is 0. The quantitative estimate of drug-likeness (QED) is 0.749. The van der Waals surface area contributed by atoms with Gasteiger partial charge in [-0.25, -0.2) is 8.78 Å². The summed E-state index contributed by atoms with van der Waals surface area (Å²) in [6, 6.07) is -0.272. The first-order chi connectivity index (χ1) is 8.18. The molecule has 0 spiro atoms. The summed E-state index contributed by atoms with van der Waals surface area (Å²) in [4.78, 5) is 1.63. The number of rotatable bonds is 6. The van der Waals surface area contributed by atoms with Crippen molar-refractivity contribution in [3.8, 4) is 0 Å². The summed E-state index contributed by atoms with van der Waals surface area (Å²) in [7, 11) is 1.63. The molecule has 0 aromatic carbocycles. The van der Waals surface area contributed by atoms with Gasteiger partial charge in [0.05, 0.1) is 13.2 Å². The maximum atomic E-state index is 12.8. The number of alkyl halides is 5. The van der Waals surface area contributed by atoms with Crippen LogP contribution in [0.15, 0.2) is 0 Å². The van der Waals surface area contributed by atoms with Crippen molar-refractivity contribution < 1.29 is 26.7 Å². The van der Waals surface area contributed by atoms with Crippen molar-refractivity contribution in [2.24, 2.45) is 0 Å². The second kappa shape index (κ2) is 6.12. The highest BCUT2D eigenvalue weighted by molar-refractivity contribution is 4.87. The van der Waals surface area contributed by atoms with Crippen LogP contribution in [-0.2, 0) is 4.74 Å². The first-order valence-electron chi connectivity index (χ1n) is 5.68. The fourth-order valence-electron chi connectivity index (χ4n) is 1.81. The highest BCUT2D eigenvalue weighted by Gasteiger charge is 2.38. The van der Waals surface area contributed by atoms with E-state index in [4.69, 9.17) is 0 Å². The first kappa shape index (κ1) is 15.6. The van der Waals surface area contributed by atoms with E-state index >= 15 is 0 Å². The largest absolute Gasteiger partial charge is 0.522 e. The Labute approximate surface area is 102 Å². The molecule has 1 aliphatic rings. The second-order valence-electron chi connectivity index (χ2n) is 4.52. The van der Waals surface area contributed by atoms with Crippen molar-refractivity contribution in [3.05, 3.63) is 0 Å². The molecule has 1 saturated heterocycles. The summed E-state index contributed by atoms with van der Waals surface area (Å²) in [5.74, 6) is -2.66. The molecule has 3 nitrogen and oxygen atoms in total. The van der Waals surface area contributed by atoms with E-state index in [0.717, 1.165) is 0 Å². The van der Waals surface area contributed by atoms with Crippen LogP contribution in [0, 0.1) is 0 Å². The highest BCUT2D eigenvalue weighted by atomic mass is 19.4. The van der Waals surface area contributed by atoms with Crippen LogP contribution >= 0.6 is 0 Å². The van der Waals surface area contributed by atoms with Crippen LogP contribution in [0.2, 0.25) is 0 Å². The maximum Gasteiger partial charge on any atom is 0.522 e. The van der Waals surface area contributed by atoms with E-state index in [1.807, 2.05) is 0 Å². The second-order valence-corrected chi connectivity index (χ2v) is 4.52. The number of nitrogens with one attached hydrogen (secondary N) is 1. The topological polar surface area (TPSA) is 24.5 Å². The van der Waals surface area contributed by atoms with Crippen LogP contribution < -0.4 is 5.32 Å². The minimum Gasteiger partial charge on any atom is -0.308 e. The molecule has 1 N–H and O–H groups in total. The summed E-state index contributed by atoms with van der Waals surface area (Å²) >= 11 is 0. The lowest BCUT2D eigenvalue weighted by atomic mass is 10.1. The Hall–Kier alpha value is -0.470. The van der Waals surface area contributed by atoms with Gasteiger partial charge in [0.1, 0.15) is 0 Å². The number of hydrogen-bond donors (Lipinski definition) is 1. The van der Waals surface area contributed by atoms with Crippen LogP contribution in [0.3, 0.4) is 0 Å². The molecule has 0 bridgehead atoms. The molecule has 108 valence electrons. The highest BCUT2D eigenvalue weighted by Crippen LogP contribution is 2.26. The van der Waals surface area contributed by atoms with Gasteiger partial charge in [0.2, 0.25) is 0 Å². The SMILES string of the molecule is CN(CCOC(F)(F)F)CCC1CC(F)(F)CN1. The van der Waals surface area contributed by atoms with Gasteiger partial charge in [-0.05, 0) is 20.0 Å². The van der Waals surface area contributed by atoms with Gasteiger partial charge < -0.3 is 10.2 Å². The molecular weight excluding hydrogens is 259 g/mol. The third kappa shape index (κ3) is 6.46. The standard InChI is InChI=1S/C10H17F5N2O/c1-17(4-5-18-10(13,14)15)3-2-8-6-9(11,12)7-16-8/h8,16H,2-7H2,1H3. The zero-order valence-electron chi connectivity index (χ0n) is 10.1. The molecule has 0 aromatic heterocycles. The van der Waals surface area contributed by atoms with E-state index in [1.54, 1.807) is 11.9 Å². The minimum atomic E-state index is -4.62. The lowest BCUT2D eigenvalue weighted by Gasteiger charge is -2.19. The predicted octanol–water partition coefficient (Wildman–Crippen LogP) is 1.84. The van der Waals surface area contributed by atoms with Gasteiger partial charge in [-0.2, -0.15) is 0 Å². The molecule has 1 fully saturated rings. The zero-order valence-corrected chi connectivity index (χ0v) is 10.1. The molecule has 8 heteroatoms.